The highest BCUT2D eigenvalue weighted by Gasteiger charge is 2.40. The van der Waals surface area contributed by atoms with Crippen molar-refractivity contribution in [1.82, 2.24) is 0 Å². The zero-order chi connectivity index (χ0) is 10.8. The Morgan fingerprint density at radius 2 is 2.00 bits per heavy atom. The molecule has 0 amide bonds. The normalized spacial score (nSPS) is 38.3. The van der Waals surface area contributed by atoms with Gasteiger partial charge in [0.1, 0.15) is 12.6 Å². The van der Waals surface area contributed by atoms with Crippen molar-refractivity contribution in [1.29, 1.82) is 0 Å². The van der Waals surface area contributed by atoms with Crippen molar-refractivity contribution in [2.24, 2.45) is 23.2 Å². The monoisotopic (exact) mass is 196 g/mol. The summed E-state index contributed by atoms with van der Waals surface area (Å²) in [6.45, 7) is 6.29. The number of aldehydes is 2. The highest BCUT2D eigenvalue weighted by Crippen LogP contribution is 2.43. The SMILES string of the molecule is CC(C)C1CCC(C)(C=O)C(C=O)C1. The summed E-state index contributed by atoms with van der Waals surface area (Å²) >= 11 is 0. The zero-order valence-corrected chi connectivity index (χ0v) is 9.32. The standard InChI is InChI=1S/C12H20O2/c1-9(2)10-4-5-12(3,8-14)11(6-10)7-13/h7-11H,4-6H2,1-3H3. The van der Waals surface area contributed by atoms with Gasteiger partial charge in [-0.2, -0.15) is 0 Å². The minimum atomic E-state index is -0.396. The molecule has 3 atom stereocenters. The topological polar surface area (TPSA) is 34.1 Å². The van der Waals surface area contributed by atoms with E-state index in [0.717, 1.165) is 31.8 Å². The van der Waals surface area contributed by atoms with Crippen LogP contribution in [-0.2, 0) is 9.59 Å². The van der Waals surface area contributed by atoms with E-state index in [0.29, 0.717) is 11.8 Å². The highest BCUT2D eigenvalue weighted by atomic mass is 16.1. The molecule has 0 saturated heterocycles. The van der Waals surface area contributed by atoms with E-state index in [1.807, 2.05) is 6.92 Å². The molecule has 0 radical (unpaired) electrons. The molecular weight excluding hydrogens is 176 g/mol. The van der Waals surface area contributed by atoms with Gasteiger partial charge in [0.2, 0.25) is 0 Å². The Balaban J connectivity index is 2.73. The molecular formula is C12H20O2. The third-order valence-electron chi connectivity index (χ3n) is 3.83. The van der Waals surface area contributed by atoms with Crippen LogP contribution in [0.4, 0.5) is 0 Å². The lowest BCUT2D eigenvalue weighted by molar-refractivity contribution is -0.128. The fraction of sp³-hybridized carbons (Fsp3) is 0.833. The first-order valence-corrected chi connectivity index (χ1v) is 5.45. The molecule has 1 fully saturated rings. The van der Waals surface area contributed by atoms with Crippen LogP contribution in [0.5, 0.6) is 0 Å². The summed E-state index contributed by atoms with van der Waals surface area (Å²) in [5.74, 6) is 1.16. The Bertz CT molecular complexity index is 222. The Labute approximate surface area is 86.1 Å². The highest BCUT2D eigenvalue weighted by molar-refractivity contribution is 5.69. The van der Waals surface area contributed by atoms with Gasteiger partial charge in [-0.05, 0) is 31.1 Å². The fourth-order valence-corrected chi connectivity index (χ4v) is 2.36. The molecule has 0 aromatic heterocycles. The van der Waals surface area contributed by atoms with Crippen LogP contribution in [0.1, 0.15) is 40.0 Å². The van der Waals surface area contributed by atoms with Gasteiger partial charge in [-0.15, -0.1) is 0 Å². The van der Waals surface area contributed by atoms with Gasteiger partial charge in [-0.3, -0.25) is 0 Å². The minimum Gasteiger partial charge on any atom is -0.303 e. The summed E-state index contributed by atoms with van der Waals surface area (Å²) in [6.07, 6.45) is 4.78. The molecule has 1 aliphatic rings. The lowest BCUT2D eigenvalue weighted by Gasteiger charge is -2.39. The molecule has 0 aromatic carbocycles. The Morgan fingerprint density at radius 1 is 1.36 bits per heavy atom. The lowest BCUT2D eigenvalue weighted by Crippen LogP contribution is -2.37. The van der Waals surface area contributed by atoms with Crippen LogP contribution in [0, 0.1) is 23.2 Å². The molecule has 0 bridgehead atoms. The maximum Gasteiger partial charge on any atom is 0.126 e. The van der Waals surface area contributed by atoms with E-state index in [-0.39, 0.29) is 5.92 Å². The predicted octanol–water partition coefficient (Wildman–Crippen LogP) is 2.46. The lowest BCUT2D eigenvalue weighted by atomic mass is 9.63. The first-order chi connectivity index (χ1) is 6.53. The van der Waals surface area contributed by atoms with E-state index >= 15 is 0 Å². The van der Waals surface area contributed by atoms with Crippen LogP contribution >= 0.6 is 0 Å². The second kappa shape index (κ2) is 4.24. The molecule has 3 unspecified atom stereocenters. The summed E-state index contributed by atoms with van der Waals surface area (Å²) in [5, 5.41) is 0. The van der Waals surface area contributed by atoms with Crippen molar-refractivity contribution in [3.8, 4) is 0 Å². The van der Waals surface area contributed by atoms with E-state index in [4.69, 9.17) is 0 Å². The third kappa shape index (κ3) is 2.05. The Hall–Kier alpha value is -0.660. The smallest absolute Gasteiger partial charge is 0.126 e. The van der Waals surface area contributed by atoms with Crippen LogP contribution in [0.3, 0.4) is 0 Å². The van der Waals surface area contributed by atoms with Gasteiger partial charge >= 0.3 is 0 Å². The van der Waals surface area contributed by atoms with Gasteiger partial charge in [-0.25, -0.2) is 0 Å². The number of hydrogen-bond donors (Lipinski definition) is 0. The van der Waals surface area contributed by atoms with E-state index in [1.54, 1.807) is 0 Å². The van der Waals surface area contributed by atoms with Gasteiger partial charge in [0.15, 0.2) is 0 Å². The number of carbonyl (C=O) groups excluding carboxylic acids is 2. The maximum atomic E-state index is 11.0. The van der Waals surface area contributed by atoms with Crippen LogP contribution in [0.25, 0.3) is 0 Å². The van der Waals surface area contributed by atoms with E-state index in [9.17, 15) is 9.59 Å². The molecule has 0 aromatic rings. The molecule has 0 N–H and O–H groups in total. The molecule has 1 saturated carbocycles. The maximum absolute atomic E-state index is 11.0. The van der Waals surface area contributed by atoms with Crippen molar-refractivity contribution < 1.29 is 9.59 Å². The third-order valence-corrected chi connectivity index (χ3v) is 3.83. The Kier molecular flexibility index (Phi) is 3.46. The number of carbonyl (C=O) groups is 2. The van der Waals surface area contributed by atoms with E-state index in [2.05, 4.69) is 13.8 Å². The molecule has 0 heterocycles. The zero-order valence-electron chi connectivity index (χ0n) is 9.32. The van der Waals surface area contributed by atoms with E-state index < -0.39 is 5.41 Å². The van der Waals surface area contributed by atoms with Gasteiger partial charge in [0, 0.05) is 11.3 Å². The second-order valence-corrected chi connectivity index (χ2v) is 5.14. The van der Waals surface area contributed by atoms with Gasteiger partial charge < -0.3 is 9.59 Å². The molecule has 0 aliphatic heterocycles. The van der Waals surface area contributed by atoms with Crippen LogP contribution in [0.15, 0.2) is 0 Å². The second-order valence-electron chi connectivity index (χ2n) is 5.14. The minimum absolute atomic E-state index is 0.0684. The van der Waals surface area contributed by atoms with Crippen molar-refractivity contribution >= 4 is 12.6 Å². The van der Waals surface area contributed by atoms with Crippen molar-refractivity contribution in [3.63, 3.8) is 0 Å². The van der Waals surface area contributed by atoms with Gasteiger partial charge in [0.05, 0.1) is 0 Å². The van der Waals surface area contributed by atoms with Crippen molar-refractivity contribution in [3.05, 3.63) is 0 Å². The van der Waals surface area contributed by atoms with Gasteiger partial charge in [-0.1, -0.05) is 20.8 Å². The predicted molar refractivity (Wildman–Crippen MR) is 55.9 cm³/mol. The first-order valence-electron chi connectivity index (χ1n) is 5.45. The Morgan fingerprint density at radius 3 is 2.43 bits per heavy atom. The van der Waals surface area contributed by atoms with Crippen LogP contribution in [-0.4, -0.2) is 12.6 Å². The molecule has 2 nitrogen and oxygen atoms in total. The van der Waals surface area contributed by atoms with Crippen molar-refractivity contribution in [2.75, 3.05) is 0 Å². The molecule has 2 heteroatoms. The van der Waals surface area contributed by atoms with Crippen molar-refractivity contribution in [2.45, 2.75) is 40.0 Å². The van der Waals surface area contributed by atoms with Crippen LogP contribution in [0.2, 0.25) is 0 Å². The summed E-state index contributed by atoms with van der Waals surface area (Å²) in [6, 6.07) is 0. The summed E-state index contributed by atoms with van der Waals surface area (Å²) in [7, 11) is 0. The molecule has 1 rings (SSSR count). The quantitative estimate of drug-likeness (QED) is 0.650. The first kappa shape index (κ1) is 11.4. The molecule has 14 heavy (non-hydrogen) atoms. The molecule has 80 valence electrons. The van der Waals surface area contributed by atoms with Gasteiger partial charge in [0.25, 0.3) is 0 Å². The fourth-order valence-electron chi connectivity index (χ4n) is 2.36. The summed E-state index contributed by atoms with van der Waals surface area (Å²) in [4.78, 5) is 21.9. The van der Waals surface area contributed by atoms with E-state index in [1.165, 1.54) is 0 Å². The molecule has 0 spiro atoms. The number of hydrogen-bond acceptors (Lipinski definition) is 2. The number of rotatable bonds is 3. The largest absolute Gasteiger partial charge is 0.303 e. The summed E-state index contributed by atoms with van der Waals surface area (Å²) in [5.41, 5.74) is -0.396. The average Bonchev–Trinajstić information content (AvgIpc) is 2.18. The summed E-state index contributed by atoms with van der Waals surface area (Å²) < 4.78 is 0. The molecule has 1 aliphatic carbocycles. The average molecular weight is 196 g/mol. The van der Waals surface area contributed by atoms with Crippen LogP contribution < -0.4 is 0 Å².